The largest absolute Gasteiger partial charge is 0.495 e. The highest BCUT2D eigenvalue weighted by Gasteiger charge is 2.29. The molecule has 3 rings (SSSR count). The summed E-state index contributed by atoms with van der Waals surface area (Å²) >= 11 is 1.60. The van der Waals surface area contributed by atoms with Crippen molar-refractivity contribution >= 4 is 27.0 Å². The van der Waals surface area contributed by atoms with Crippen LogP contribution in [-0.4, -0.2) is 45.0 Å². The summed E-state index contributed by atoms with van der Waals surface area (Å²) in [6.45, 7) is 4.23. The zero-order valence-electron chi connectivity index (χ0n) is 16.4. The van der Waals surface area contributed by atoms with Gasteiger partial charge in [0, 0.05) is 23.6 Å². The third-order valence-electron chi connectivity index (χ3n) is 5.24. The molecule has 0 spiro atoms. The van der Waals surface area contributed by atoms with Gasteiger partial charge in [0.25, 0.3) is 5.69 Å². The van der Waals surface area contributed by atoms with E-state index in [0.717, 1.165) is 36.9 Å². The molecule has 1 aliphatic heterocycles. The fraction of sp³-hybridized carbons (Fsp3) is 0.474. The van der Waals surface area contributed by atoms with Crippen molar-refractivity contribution in [1.82, 2.24) is 9.62 Å². The van der Waals surface area contributed by atoms with Gasteiger partial charge in [-0.3, -0.25) is 15.0 Å². The number of hydrogen-bond acceptors (Lipinski definition) is 7. The van der Waals surface area contributed by atoms with E-state index in [4.69, 9.17) is 4.74 Å². The maximum Gasteiger partial charge on any atom is 0.271 e. The number of nitro benzene ring substituents is 1. The molecule has 0 radical (unpaired) electrons. The number of non-ortho nitro benzene ring substituents is 1. The highest BCUT2D eigenvalue weighted by molar-refractivity contribution is 7.89. The maximum absolute atomic E-state index is 13.0. The van der Waals surface area contributed by atoms with Gasteiger partial charge in [-0.05, 0) is 49.4 Å². The average Bonchev–Trinajstić information content (AvgIpc) is 3.23. The number of nitrogens with one attached hydrogen (secondary N) is 1. The minimum absolute atomic E-state index is 0.0718. The van der Waals surface area contributed by atoms with Gasteiger partial charge in [-0.15, -0.1) is 11.3 Å². The van der Waals surface area contributed by atoms with Crippen molar-refractivity contribution in [3.8, 4) is 5.75 Å². The van der Waals surface area contributed by atoms with Crippen LogP contribution in [-0.2, 0) is 10.0 Å². The molecule has 0 saturated carbocycles. The number of piperidine rings is 1. The molecule has 1 aromatic carbocycles. The Balaban J connectivity index is 1.83. The lowest BCUT2D eigenvalue weighted by molar-refractivity contribution is -0.385. The first-order valence-corrected chi connectivity index (χ1v) is 11.8. The van der Waals surface area contributed by atoms with Gasteiger partial charge in [0.1, 0.15) is 10.6 Å². The topological polar surface area (TPSA) is 102 Å². The van der Waals surface area contributed by atoms with Crippen LogP contribution < -0.4 is 9.46 Å². The molecule has 158 valence electrons. The zero-order chi connectivity index (χ0) is 21.0. The number of nitrogens with zero attached hydrogens (tertiary/aromatic N) is 2. The van der Waals surface area contributed by atoms with E-state index < -0.39 is 14.9 Å². The molecule has 10 heteroatoms. The van der Waals surface area contributed by atoms with Crippen molar-refractivity contribution in [3.63, 3.8) is 0 Å². The van der Waals surface area contributed by atoms with Gasteiger partial charge in [0.05, 0.1) is 18.1 Å². The van der Waals surface area contributed by atoms with E-state index >= 15 is 0 Å². The first kappa shape index (κ1) is 21.7. The average molecular weight is 440 g/mol. The number of sulfonamides is 1. The number of likely N-dealkylation sites (tertiary alicyclic amines) is 1. The second-order valence-corrected chi connectivity index (χ2v) is 9.91. The molecule has 1 saturated heterocycles. The lowest BCUT2D eigenvalue weighted by Gasteiger charge is -2.36. The van der Waals surface area contributed by atoms with Gasteiger partial charge in [0.15, 0.2) is 0 Å². The Labute approximate surface area is 174 Å². The minimum atomic E-state index is -4.00. The molecule has 29 heavy (non-hydrogen) atoms. The van der Waals surface area contributed by atoms with E-state index in [1.165, 1.54) is 19.2 Å². The molecule has 1 fully saturated rings. The molecule has 2 heterocycles. The number of hydrogen-bond donors (Lipinski definition) is 1. The molecule has 0 aliphatic carbocycles. The number of thiophene rings is 1. The smallest absolute Gasteiger partial charge is 0.271 e. The summed E-state index contributed by atoms with van der Waals surface area (Å²) in [5, 5.41) is 13.1. The molecule has 8 nitrogen and oxygen atoms in total. The minimum Gasteiger partial charge on any atom is -0.495 e. The van der Waals surface area contributed by atoms with Gasteiger partial charge < -0.3 is 4.74 Å². The van der Waals surface area contributed by atoms with Crippen LogP contribution in [0.15, 0.2) is 40.6 Å². The van der Waals surface area contributed by atoms with Gasteiger partial charge in [0.2, 0.25) is 10.0 Å². The van der Waals surface area contributed by atoms with Crippen molar-refractivity contribution in [2.75, 3.05) is 26.7 Å². The summed E-state index contributed by atoms with van der Waals surface area (Å²) < 4.78 is 33.7. The Morgan fingerprint density at radius 2 is 2.07 bits per heavy atom. The lowest BCUT2D eigenvalue weighted by Crippen LogP contribution is -2.41. The van der Waals surface area contributed by atoms with E-state index in [-0.39, 0.29) is 28.9 Å². The maximum atomic E-state index is 13.0. The lowest BCUT2D eigenvalue weighted by atomic mass is 9.97. The second-order valence-electron chi connectivity index (χ2n) is 7.19. The summed E-state index contributed by atoms with van der Waals surface area (Å²) in [7, 11) is -2.66. The predicted molar refractivity (Wildman–Crippen MR) is 112 cm³/mol. The SMILES string of the molecule is COc1ccc([N+](=O)[O-])cc1S(=O)(=O)NCC(c1cccs1)N1CCC(C)CC1. The molecule has 1 unspecified atom stereocenters. The molecule has 1 aromatic heterocycles. The van der Waals surface area contributed by atoms with Crippen molar-refractivity contribution in [1.29, 1.82) is 0 Å². The number of methoxy groups -OCH3 is 1. The Bertz CT molecular complexity index is 939. The Morgan fingerprint density at radius 3 is 2.66 bits per heavy atom. The van der Waals surface area contributed by atoms with Gasteiger partial charge in [-0.25, -0.2) is 13.1 Å². The summed E-state index contributed by atoms with van der Waals surface area (Å²) in [6.07, 6.45) is 2.15. The van der Waals surface area contributed by atoms with Crippen molar-refractivity contribution < 1.29 is 18.1 Å². The van der Waals surface area contributed by atoms with Crippen LogP contribution in [0.4, 0.5) is 5.69 Å². The van der Waals surface area contributed by atoms with Crippen LogP contribution in [0.1, 0.15) is 30.7 Å². The molecule has 1 N–H and O–H groups in total. The van der Waals surface area contributed by atoms with Crippen molar-refractivity contribution in [2.24, 2.45) is 5.92 Å². The second kappa shape index (κ2) is 9.21. The van der Waals surface area contributed by atoms with Crippen molar-refractivity contribution in [2.45, 2.75) is 30.7 Å². The van der Waals surface area contributed by atoms with Crippen LogP contribution in [0.5, 0.6) is 5.75 Å². The molecule has 0 bridgehead atoms. The fourth-order valence-corrected chi connectivity index (χ4v) is 5.57. The zero-order valence-corrected chi connectivity index (χ0v) is 18.0. The summed E-state index contributed by atoms with van der Waals surface area (Å²) in [6, 6.07) is 7.44. The Kier molecular flexibility index (Phi) is 6.89. The Morgan fingerprint density at radius 1 is 1.34 bits per heavy atom. The van der Waals surface area contributed by atoms with E-state index in [1.807, 2.05) is 17.5 Å². The van der Waals surface area contributed by atoms with Gasteiger partial charge in [-0.1, -0.05) is 13.0 Å². The van der Waals surface area contributed by atoms with Gasteiger partial charge >= 0.3 is 0 Å². The van der Waals surface area contributed by atoms with Gasteiger partial charge in [-0.2, -0.15) is 0 Å². The number of rotatable bonds is 8. The highest BCUT2D eigenvalue weighted by atomic mass is 32.2. The Hall–Kier alpha value is -2.01. The van der Waals surface area contributed by atoms with E-state index in [9.17, 15) is 18.5 Å². The third-order valence-corrected chi connectivity index (χ3v) is 7.66. The number of ether oxygens (including phenoxy) is 1. The van der Waals surface area contributed by atoms with Crippen LogP contribution in [0, 0.1) is 16.0 Å². The first-order valence-electron chi connectivity index (χ1n) is 9.41. The normalized spacial score (nSPS) is 17.2. The van der Waals surface area contributed by atoms with E-state index in [2.05, 4.69) is 16.5 Å². The van der Waals surface area contributed by atoms with Crippen LogP contribution >= 0.6 is 11.3 Å². The van der Waals surface area contributed by atoms with Crippen LogP contribution in [0.25, 0.3) is 0 Å². The number of benzene rings is 1. The van der Waals surface area contributed by atoms with Crippen molar-refractivity contribution in [3.05, 3.63) is 50.7 Å². The quantitative estimate of drug-likeness (QED) is 0.500. The predicted octanol–water partition coefficient (Wildman–Crippen LogP) is 3.42. The fourth-order valence-electron chi connectivity index (χ4n) is 3.49. The molecule has 1 atom stereocenters. The monoisotopic (exact) mass is 439 g/mol. The molecule has 1 aliphatic rings. The molecular formula is C19H25N3O5S2. The summed E-state index contributed by atoms with van der Waals surface area (Å²) in [5.74, 6) is 0.739. The number of nitro groups is 1. The molecular weight excluding hydrogens is 414 g/mol. The summed E-state index contributed by atoms with van der Waals surface area (Å²) in [5.41, 5.74) is -0.300. The third kappa shape index (κ3) is 5.13. The highest BCUT2D eigenvalue weighted by Crippen LogP contribution is 2.31. The van der Waals surface area contributed by atoms with E-state index in [0.29, 0.717) is 5.92 Å². The van der Waals surface area contributed by atoms with Crippen LogP contribution in [0.2, 0.25) is 0 Å². The summed E-state index contributed by atoms with van der Waals surface area (Å²) in [4.78, 5) is 13.6. The molecule has 2 aromatic rings. The molecule has 0 amide bonds. The first-order chi connectivity index (χ1) is 13.8. The van der Waals surface area contributed by atoms with Crippen LogP contribution in [0.3, 0.4) is 0 Å². The standard InChI is InChI=1S/C19H25N3O5S2/c1-14-7-9-21(10-8-14)16(18-4-3-11-28-18)13-20-29(25,26)19-12-15(22(23)24)5-6-17(19)27-2/h3-6,11-12,14,16,20H,7-10,13H2,1-2H3. The van der Waals surface area contributed by atoms with E-state index in [1.54, 1.807) is 11.3 Å².